The smallest absolute Gasteiger partial charge is 0.196 e. The van der Waals surface area contributed by atoms with Crippen molar-refractivity contribution in [3.63, 3.8) is 0 Å². The van der Waals surface area contributed by atoms with Gasteiger partial charge in [0.1, 0.15) is 0 Å². The van der Waals surface area contributed by atoms with E-state index in [9.17, 15) is 0 Å². The van der Waals surface area contributed by atoms with Crippen LogP contribution in [-0.2, 0) is 0 Å². The lowest BCUT2D eigenvalue weighted by atomic mass is 9.88. The van der Waals surface area contributed by atoms with Crippen molar-refractivity contribution in [2.24, 2.45) is 10.7 Å². The van der Waals surface area contributed by atoms with Crippen molar-refractivity contribution in [2.75, 3.05) is 28.2 Å². The fraction of sp³-hybridized carbons (Fsp3) is 0.917. The molecule has 16 heavy (non-hydrogen) atoms. The molecule has 0 saturated heterocycles. The fourth-order valence-corrected chi connectivity index (χ4v) is 2.03. The SMILES string of the molecule is CN(C)C(=NC(C)(C)CC(C)(C)N)N(C)C. The summed E-state index contributed by atoms with van der Waals surface area (Å²) in [6.07, 6.45) is 0.852. The number of nitrogens with two attached hydrogens (primary N) is 1. The molecule has 0 radical (unpaired) electrons. The first-order valence-electron chi connectivity index (χ1n) is 5.68. The monoisotopic (exact) mass is 228 g/mol. The van der Waals surface area contributed by atoms with Crippen molar-refractivity contribution in [3.05, 3.63) is 0 Å². The van der Waals surface area contributed by atoms with Crippen molar-refractivity contribution in [3.8, 4) is 0 Å². The highest BCUT2D eigenvalue weighted by Gasteiger charge is 2.26. The molecule has 0 amide bonds. The van der Waals surface area contributed by atoms with Gasteiger partial charge >= 0.3 is 0 Å². The second-order valence-electron chi connectivity index (χ2n) is 6.18. The van der Waals surface area contributed by atoms with Gasteiger partial charge in [0.05, 0.1) is 5.54 Å². The molecular weight excluding hydrogens is 200 g/mol. The van der Waals surface area contributed by atoms with Gasteiger partial charge in [0.2, 0.25) is 0 Å². The molecule has 0 atom stereocenters. The molecule has 0 aliphatic rings. The molecule has 0 rings (SSSR count). The van der Waals surface area contributed by atoms with E-state index in [1.807, 2.05) is 51.8 Å². The topological polar surface area (TPSA) is 44.9 Å². The first kappa shape index (κ1) is 15.2. The molecule has 0 unspecified atom stereocenters. The van der Waals surface area contributed by atoms with E-state index in [-0.39, 0.29) is 11.1 Å². The summed E-state index contributed by atoms with van der Waals surface area (Å²) < 4.78 is 0. The lowest BCUT2D eigenvalue weighted by Gasteiger charge is -2.32. The van der Waals surface area contributed by atoms with Crippen molar-refractivity contribution >= 4 is 5.96 Å². The normalized spacial score (nSPS) is 12.3. The van der Waals surface area contributed by atoms with Crippen LogP contribution in [-0.4, -0.2) is 55.0 Å². The first-order chi connectivity index (χ1) is 6.94. The zero-order chi connectivity index (χ0) is 13.1. The molecule has 4 nitrogen and oxygen atoms in total. The maximum atomic E-state index is 6.05. The third-order valence-corrected chi connectivity index (χ3v) is 2.09. The summed E-state index contributed by atoms with van der Waals surface area (Å²) in [6, 6.07) is 0. The van der Waals surface area contributed by atoms with E-state index in [4.69, 9.17) is 10.7 Å². The molecule has 0 heterocycles. The summed E-state index contributed by atoms with van der Waals surface area (Å²) in [7, 11) is 8.01. The van der Waals surface area contributed by atoms with Gasteiger partial charge in [-0.3, -0.25) is 0 Å². The van der Waals surface area contributed by atoms with Crippen LogP contribution in [0.5, 0.6) is 0 Å². The van der Waals surface area contributed by atoms with Crippen LogP contribution in [0.15, 0.2) is 4.99 Å². The number of nitrogens with zero attached hydrogens (tertiary/aromatic N) is 3. The quantitative estimate of drug-likeness (QED) is 0.586. The van der Waals surface area contributed by atoms with Gasteiger partial charge < -0.3 is 15.5 Å². The summed E-state index contributed by atoms with van der Waals surface area (Å²) in [5, 5.41) is 0. The molecule has 0 fully saturated rings. The van der Waals surface area contributed by atoms with E-state index in [1.165, 1.54) is 0 Å². The van der Waals surface area contributed by atoms with E-state index in [1.54, 1.807) is 0 Å². The van der Waals surface area contributed by atoms with Gasteiger partial charge in [-0.2, -0.15) is 0 Å². The summed E-state index contributed by atoms with van der Waals surface area (Å²) in [5.74, 6) is 0.967. The molecule has 0 aromatic carbocycles. The predicted octanol–water partition coefficient (Wildman–Crippen LogP) is 1.37. The molecule has 0 spiro atoms. The van der Waals surface area contributed by atoms with Crippen LogP contribution in [0.3, 0.4) is 0 Å². The van der Waals surface area contributed by atoms with Crippen LogP contribution in [0.25, 0.3) is 0 Å². The molecule has 0 aromatic rings. The van der Waals surface area contributed by atoms with Crippen LogP contribution in [0, 0.1) is 0 Å². The molecule has 96 valence electrons. The van der Waals surface area contributed by atoms with Gasteiger partial charge in [-0.05, 0) is 34.1 Å². The number of rotatable bonds is 3. The van der Waals surface area contributed by atoms with Crippen molar-refractivity contribution in [1.29, 1.82) is 0 Å². The van der Waals surface area contributed by atoms with E-state index in [0.717, 1.165) is 12.4 Å². The highest BCUT2D eigenvalue weighted by atomic mass is 15.3. The number of aliphatic imine (C=N–C) groups is 1. The Balaban J connectivity index is 4.94. The van der Waals surface area contributed by atoms with Gasteiger partial charge in [0.25, 0.3) is 0 Å². The van der Waals surface area contributed by atoms with Crippen LogP contribution in [0.4, 0.5) is 0 Å². The minimum Gasteiger partial charge on any atom is -0.349 e. The minimum atomic E-state index is -0.198. The van der Waals surface area contributed by atoms with Gasteiger partial charge in [-0.1, -0.05) is 0 Å². The average Bonchev–Trinajstić information content (AvgIpc) is 1.94. The average molecular weight is 228 g/mol. The van der Waals surface area contributed by atoms with Gasteiger partial charge in [0, 0.05) is 33.7 Å². The molecule has 0 bridgehead atoms. The Hall–Kier alpha value is -0.770. The Morgan fingerprint density at radius 1 is 1.00 bits per heavy atom. The van der Waals surface area contributed by atoms with E-state index in [0.29, 0.717) is 0 Å². The Morgan fingerprint density at radius 2 is 1.38 bits per heavy atom. The summed E-state index contributed by atoms with van der Waals surface area (Å²) in [5.41, 5.74) is 5.70. The summed E-state index contributed by atoms with van der Waals surface area (Å²) >= 11 is 0. The first-order valence-corrected chi connectivity index (χ1v) is 5.68. The second-order valence-corrected chi connectivity index (χ2v) is 6.18. The molecule has 0 aromatic heterocycles. The van der Waals surface area contributed by atoms with Crippen molar-refractivity contribution in [2.45, 2.75) is 45.2 Å². The summed E-state index contributed by atoms with van der Waals surface area (Å²) in [6.45, 7) is 8.31. The third kappa shape index (κ3) is 5.95. The van der Waals surface area contributed by atoms with Crippen LogP contribution in [0.2, 0.25) is 0 Å². The van der Waals surface area contributed by atoms with E-state index < -0.39 is 0 Å². The number of hydrogen-bond acceptors (Lipinski definition) is 2. The zero-order valence-electron chi connectivity index (χ0n) is 12.1. The lowest BCUT2D eigenvalue weighted by molar-refractivity contribution is 0.343. The van der Waals surface area contributed by atoms with Gasteiger partial charge in [-0.25, -0.2) is 4.99 Å². The fourth-order valence-electron chi connectivity index (χ4n) is 2.03. The maximum absolute atomic E-state index is 6.05. The van der Waals surface area contributed by atoms with Crippen LogP contribution < -0.4 is 5.73 Å². The number of hydrogen-bond donors (Lipinski definition) is 1. The van der Waals surface area contributed by atoms with Crippen molar-refractivity contribution < 1.29 is 0 Å². The van der Waals surface area contributed by atoms with Gasteiger partial charge in [0.15, 0.2) is 5.96 Å². The molecular formula is C12H28N4. The third-order valence-electron chi connectivity index (χ3n) is 2.09. The molecule has 2 N–H and O–H groups in total. The second kappa shape index (κ2) is 5.04. The highest BCUT2D eigenvalue weighted by Crippen LogP contribution is 2.22. The standard InChI is InChI=1S/C12H28N4/c1-11(2,13)9-12(3,4)14-10(15(5)6)16(7)8/h9,13H2,1-8H3. The zero-order valence-corrected chi connectivity index (χ0v) is 12.1. The predicted molar refractivity (Wildman–Crippen MR) is 71.8 cm³/mol. The molecule has 0 aliphatic carbocycles. The van der Waals surface area contributed by atoms with Crippen LogP contribution >= 0.6 is 0 Å². The minimum absolute atomic E-state index is 0.151. The Kier molecular flexibility index (Phi) is 4.80. The van der Waals surface area contributed by atoms with E-state index >= 15 is 0 Å². The Morgan fingerprint density at radius 3 is 1.62 bits per heavy atom. The largest absolute Gasteiger partial charge is 0.349 e. The number of guanidine groups is 1. The Labute approximate surface area is 101 Å². The highest BCUT2D eigenvalue weighted by molar-refractivity contribution is 5.79. The maximum Gasteiger partial charge on any atom is 0.196 e. The summed E-state index contributed by atoms with van der Waals surface area (Å²) in [4.78, 5) is 8.82. The molecule has 0 saturated carbocycles. The molecule has 0 aliphatic heterocycles. The van der Waals surface area contributed by atoms with Crippen LogP contribution in [0.1, 0.15) is 34.1 Å². The Bertz CT molecular complexity index is 236. The van der Waals surface area contributed by atoms with Gasteiger partial charge in [-0.15, -0.1) is 0 Å². The van der Waals surface area contributed by atoms with Crippen molar-refractivity contribution in [1.82, 2.24) is 9.80 Å². The van der Waals surface area contributed by atoms with E-state index in [2.05, 4.69) is 13.8 Å². The molecule has 4 heteroatoms. The lowest BCUT2D eigenvalue weighted by Crippen LogP contribution is -2.43.